The van der Waals surface area contributed by atoms with E-state index in [-0.39, 0.29) is 24.4 Å². The summed E-state index contributed by atoms with van der Waals surface area (Å²) in [5.41, 5.74) is -1.57. The number of amides is 2. The van der Waals surface area contributed by atoms with E-state index >= 15 is 0 Å². The Morgan fingerprint density at radius 2 is 1.68 bits per heavy atom. The zero-order valence-corrected chi connectivity index (χ0v) is 12.2. The zero-order chi connectivity index (χ0) is 16.4. The van der Waals surface area contributed by atoms with Gasteiger partial charge in [-0.25, -0.2) is 0 Å². The first-order valence-electron chi connectivity index (χ1n) is 7.10. The van der Waals surface area contributed by atoms with E-state index in [2.05, 4.69) is 10.6 Å². The van der Waals surface area contributed by atoms with Crippen LogP contribution in [0.25, 0.3) is 0 Å². The van der Waals surface area contributed by atoms with E-state index in [1.54, 1.807) is 6.92 Å². The summed E-state index contributed by atoms with van der Waals surface area (Å²) in [7, 11) is 0. The van der Waals surface area contributed by atoms with E-state index in [0.717, 1.165) is 0 Å². The second-order valence-electron chi connectivity index (χ2n) is 5.39. The van der Waals surface area contributed by atoms with Crippen molar-refractivity contribution in [1.29, 1.82) is 0 Å². The van der Waals surface area contributed by atoms with Crippen molar-refractivity contribution in [3.05, 3.63) is 24.3 Å². The molecule has 5 nitrogen and oxygen atoms in total. The molecule has 22 heavy (non-hydrogen) atoms. The lowest BCUT2D eigenvalue weighted by Crippen LogP contribution is -2.59. The number of aliphatic hydroxyl groups is 1. The van der Waals surface area contributed by atoms with Crippen LogP contribution in [0.2, 0.25) is 0 Å². The Labute approximate surface area is 126 Å². The van der Waals surface area contributed by atoms with Crippen LogP contribution in [0.15, 0.2) is 24.3 Å². The molecule has 2 rings (SSSR count). The number of halogens is 2. The van der Waals surface area contributed by atoms with Crippen LogP contribution in [0.3, 0.4) is 0 Å². The molecule has 7 heteroatoms. The molecule has 0 saturated heterocycles. The molecule has 0 aromatic heterocycles. The first-order valence-corrected chi connectivity index (χ1v) is 7.10. The Morgan fingerprint density at radius 1 is 1.18 bits per heavy atom. The summed E-state index contributed by atoms with van der Waals surface area (Å²) in [6, 6.07) is 5.81. The lowest BCUT2D eigenvalue weighted by atomic mass is 9.75. The van der Waals surface area contributed by atoms with E-state index in [1.807, 2.05) is 0 Å². The fraction of sp³-hybridized carbons (Fsp3) is 0.467. The molecule has 0 aliphatic heterocycles. The molecular formula is C15H18F2N2O3. The summed E-state index contributed by atoms with van der Waals surface area (Å²) < 4.78 is 27.8. The number of carbonyl (C=O) groups is 2. The second-order valence-corrected chi connectivity index (χ2v) is 5.39. The quantitative estimate of drug-likeness (QED) is 0.782. The van der Waals surface area contributed by atoms with Gasteiger partial charge in [0.1, 0.15) is 5.60 Å². The van der Waals surface area contributed by atoms with Gasteiger partial charge in [-0.2, -0.15) is 8.78 Å². The molecule has 1 fully saturated rings. The molecular weight excluding hydrogens is 294 g/mol. The monoisotopic (exact) mass is 312 g/mol. The average molecular weight is 312 g/mol. The highest BCUT2D eigenvalue weighted by Gasteiger charge is 2.61. The zero-order valence-electron chi connectivity index (χ0n) is 12.2. The summed E-state index contributed by atoms with van der Waals surface area (Å²) in [6.07, 6.45) is 0.624. The molecule has 0 heterocycles. The first-order chi connectivity index (χ1) is 10.3. The minimum atomic E-state index is -3.83. The van der Waals surface area contributed by atoms with Gasteiger partial charge < -0.3 is 15.7 Å². The number of hydrogen-bond donors (Lipinski definition) is 3. The second kappa shape index (κ2) is 6.00. The maximum atomic E-state index is 13.9. The molecule has 0 radical (unpaired) electrons. The van der Waals surface area contributed by atoms with E-state index in [0.29, 0.717) is 18.5 Å². The van der Waals surface area contributed by atoms with Gasteiger partial charge in [-0.15, -0.1) is 0 Å². The maximum absolute atomic E-state index is 13.9. The molecule has 0 atom stereocenters. The van der Waals surface area contributed by atoms with Gasteiger partial charge in [0, 0.05) is 17.8 Å². The van der Waals surface area contributed by atoms with Crippen LogP contribution in [-0.2, 0) is 9.59 Å². The molecule has 1 saturated carbocycles. The van der Waals surface area contributed by atoms with Crippen molar-refractivity contribution in [2.75, 3.05) is 10.6 Å². The van der Waals surface area contributed by atoms with E-state index < -0.39 is 17.4 Å². The SMILES string of the molecule is CCC(=O)Nc1ccc(NC(=O)C(F)(F)C2(O)CCC2)cc1. The Kier molecular flexibility index (Phi) is 4.46. The minimum Gasteiger partial charge on any atom is -0.383 e. The highest BCUT2D eigenvalue weighted by molar-refractivity contribution is 5.97. The van der Waals surface area contributed by atoms with Crippen molar-refractivity contribution in [3.63, 3.8) is 0 Å². The molecule has 0 bridgehead atoms. The van der Waals surface area contributed by atoms with Crippen molar-refractivity contribution in [1.82, 2.24) is 0 Å². The Hall–Kier alpha value is -2.02. The molecule has 3 N–H and O–H groups in total. The van der Waals surface area contributed by atoms with Crippen molar-refractivity contribution in [3.8, 4) is 0 Å². The number of nitrogens with one attached hydrogen (secondary N) is 2. The van der Waals surface area contributed by atoms with Gasteiger partial charge in [-0.3, -0.25) is 9.59 Å². The van der Waals surface area contributed by atoms with Crippen molar-refractivity contribution in [2.24, 2.45) is 0 Å². The topological polar surface area (TPSA) is 78.4 Å². The average Bonchev–Trinajstić information content (AvgIpc) is 2.46. The largest absolute Gasteiger partial charge is 0.383 e. The van der Waals surface area contributed by atoms with E-state index in [1.165, 1.54) is 24.3 Å². The molecule has 2 amide bonds. The standard InChI is InChI=1S/C15H18F2N2O3/c1-2-12(20)18-10-4-6-11(7-5-10)19-13(21)15(16,17)14(22)8-3-9-14/h4-7,22H,2-3,8-9H2,1H3,(H,18,20)(H,19,21). The predicted molar refractivity (Wildman–Crippen MR) is 77.7 cm³/mol. The van der Waals surface area contributed by atoms with Gasteiger partial charge in [0.15, 0.2) is 0 Å². The van der Waals surface area contributed by atoms with Crippen LogP contribution in [0, 0.1) is 0 Å². The summed E-state index contributed by atoms with van der Waals surface area (Å²) >= 11 is 0. The van der Waals surface area contributed by atoms with Crippen LogP contribution >= 0.6 is 0 Å². The molecule has 1 aromatic carbocycles. The molecule has 1 aliphatic rings. The third-order valence-corrected chi connectivity index (χ3v) is 3.80. The normalized spacial score (nSPS) is 16.5. The predicted octanol–water partition coefficient (Wildman–Crippen LogP) is 2.52. The third kappa shape index (κ3) is 3.09. The maximum Gasteiger partial charge on any atom is 0.352 e. The van der Waals surface area contributed by atoms with Crippen molar-refractivity contribution in [2.45, 2.75) is 44.1 Å². The van der Waals surface area contributed by atoms with E-state index in [9.17, 15) is 23.5 Å². The van der Waals surface area contributed by atoms with Gasteiger partial charge in [0.25, 0.3) is 5.91 Å². The van der Waals surface area contributed by atoms with Gasteiger partial charge in [-0.05, 0) is 43.5 Å². The number of carbonyl (C=O) groups excluding carboxylic acids is 2. The smallest absolute Gasteiger partial charge is 0.352 e. The molecule has 0 spiro atoms. The summed E-state index contributed by atoms with van der Waals surface area (Å²) in [4.78, 5) is 22.9. The third-order valence-electron chi connectivity index (χ3n) is 3.80. The van der Waals surface area contributed by atoms with Gasteiger partial charge >= 0.3 is 5.92 Å². The summed E-state index contributed by atoms with van der Waals surface area (Å²) in [5.74, 6) is -5.53. The number of alkyl halides is 2. The molecule has 120 valence electrons. The Morgan fingerprint density at radius 3 is 2.09 bits per heavy atom. The van der Waals surface area contributed by atoms with Crippen LogP contribution in [0.5, 0.6) is 0 Å². The van der Waals surface area contributed by atoms with Crippen LogP contribution < -0.4 is 10.6 Å². The van der Waals surface area contributed by atoms with Crippen LogP contribution in [-0.4, -0.2) is 28.4 Å². The lowest BCUT2D eigenvalue weighted by Gasteiger charge is -2.41. The minimum absolute atomic E-state index is 0.0879. The van der Waals surface area contributed by atoms with E-state index in [4.69, 9.17) is 0 Å². The van der Waals surface area contributed by atoms with Gasteiger partial charge in [0.05, 0.1) is 0 Å². The Balaban J connectivity index is 2.01. The number of benzene rings is 1. The number of rotatable bonds is 5. The number of anilines is 2. The Bertz CT molecular complexity index is 569. The molecule has 1 aromatic rings. The lowest BCUT2D eigenvalue weighted by molar-refractivity contribution is -0.212. The van der Waals surface area contributed by atoms with Crippen molar-refractivity contribution < 1.29 is 23.5 Å². The number of hydrogen-bond acceptors (Lipinski definition) is 3. The van der Waals surface area contributed by atoms with Gasteiger partial charge in [0.2, 0.25) is 5.91 Å². The fourth-order valence-corrected chi connectivity index (χ4v) is 2.13. The first kappa shape index (κ1) is 16.4. The van der Waals surface area contributed by atoms with Crippen LogP contribution in [0.4, 0.5) is 20.2 Å². The van der Waals surface area contributed by atoms with Gasteiger partial charge in [-0.1, -0.05) is 6.92 Å². The molecule has 0 unspecified atom stereocenters. The highest BCUT2D eigenvalue weighted by atomic mass is 19.3. The van der Waals surface area contributed by atoms with Crippen molar-refractivity contribution >= 4 is 23.2 Å². The van der Waals surface area contributed by atoms with Crippen LogP contribution in [0.1, 0.15) is 32.6 Å². The molecule has 1 aliphatic carbocycles. The highest BCUT2D eigenvalue weighted by Crippen LogP contribution is 2.44. The fourth-order valence-electron chi connectivity index (χ4n) is 2.13. The summed E-state index contributed by atoms with van der Waals surface area (Å²) in [6.45, 7) is 1.71. The summed E-state index contributed by atoms with van der Waals surface area (Å²) in [5, 5.41) is 14.4.